The smallest absolute Gasteiger partial charge is 0.323 e. The molecule has 0 aliphatic heterocycles. The Morgan fingerprint density at radius 1 is 1.50 bits per heavy atom. The van der Waals surface area contributed by atoms with Crippen LogP contribution in [0.15, 0.2) is 12.3 Å². The molecule has 0 spiro atoms. The Morgan fingerprint density at radius 2 is 2.17 bits per heavy atom. The van der Waals surface area contributed by atoms with E-state index < -0.39 is 17.4 Å². The van der Waals surface area contributed by atoms with Crippen molar-refractivity contribution in [1.29, 1.82) is 0 Å². The first-order chi connectivity index (χ1) is 8.46. The largest absolute Gasteiger partial charge is 0.480 e. The minimum Gasteiger partial charge on any atom is -0.480 e. The van der Waals surface area contributed by atoms with Gasteiger partial charge in [-0.15, -0.1) is 0 Å². The molecule has 0 bridgehead atoms. The van der Waals surface area contributed by atoms with Gasteiger partial charge in [0, 0.05) is 19.7 Å². The molecule has 1 rings (SSSR count). The lowest BCUT2D eigenvalue weighted by atomic mass is 9.80. The van der Waals surface area contributed by atoms with Crippen molar-refractivity contribution in [1.82, 2.24) is 9.78 Å². The summed E-state index contributed by atoms with van der Waals surface area (Å²) in [5.41, 5.74) is -0.987. The lowest BCUT2D eigenvalue weighted by Crippen LogP contribution is -2.42. The first-order valence-electron chi connectivity index (χ1n) is 5.85. The van der Waals surface area contributed by atoms with E-state index in [9.17, 15) is 14.7 Å². The summed E-state index contributed by atoms with van der Waals surface area (Å²) in [6, 6.07) is 1.70. The van der Waals surface area contributed by atoms with Crippen LogP contribution in [0.25, 0.3) is 0 Å². The van der Waals surface area contributed by atoms with Gasteiger partial charge in [-0.1, -0.05) is 6.92 Å². The SMILES string of the molecule is CCOC(=O)C(CC)(Cc1ccn(C)n1)C(=O)O. The number of hydrogen-bond acceptors (Lipinski definition) is 4. The van der Waals surface area contributed by atoms with Crippen LogP contribution in [0.5, 0.6) is 0 Å². The van der Waals surface area contributed by atoms with E-state index in [4.69, 9.17) is 4.74 Å². The number of ether oxygens (including phenoxy) is 1. The molecule has 0 saturated heterocycles. The van der Waals surface area contributed by atoms with Crippen molar-refractivity contribution in [3.8, 4) is 0 Å². The minimum atomic E-state index is -1.55. The number of aromatic nitrogens is 2. The number of esters is 1. The van der Waals surface area contributed by atoms with Crippen LogP contribution >= 0.6 is 0 Å². The predicted molar refractivity (Wildman–Crippen MR) is 63.9 cm³/mol. The van der Waals surface area contributed by atoms with Gasteiger partial charge in [-0.25, -0.2) is 0 Å². The van der Waals surface area contributed by atoms with Crippen LogP contribution in [0.1, 0.15) is 26.0 Å². The summed E-state index contributed by atoms with van der Waals surface area (Å²) in [6.45, 7) is 3.48. The molecule has 1 atom stereocenters. The fourth-order valence-electron chi connectivity index (χ4n) is 1.79. The minimum absolute atomic E-state index is 0.0402. The van der Waals surface area contributed by atoms with Gasteiger partial charge in [0.05, 0.1) is 12.3 Å². The summed E-state index contributed by atoms with van der Waals surface area (Å²) in [4.78, 5) is 23.4. The third-order valence-corrected chi connectivity index (χ3v) is 2.93. The van der Waals surface area contributed by atoms with Crippen LogP contribution < -0.4 is 0 Å². The van der Waals surface area contributed by atoms with Crippen LogP contribution in [0.2, 0.25) is 0 Å². The molecule has 0 fully saturated rings. The maximum absolute atomic E-state index is 11.9. The predicted octanol–water partition coefficient (Wildman–Crippen LogP) is 1.01. The van der Waals surface area contributed by atoms with E-state index in [2.05, 4.69) is 5.10 Å². The lowest BCUT2D eigenvalue weighted by Gasteiger charge is -2.24. The molecule has 0 aliphatic carbocycles. The Balaban J connectivity index is 3.04. The Morgan fingerprint density at radius 3 is 2.56 bits per heavy atom. The topological polar surface area (TPSA) is 81.4 Å². The summed E-state index contributed by atoms with van der Waals surface area (Å²) in [5, 5.41) is 13.5. The zero-order chi connectivity index (χ0) is 13.8. The van der Waals surface area contributed by atoms with E-state index >= 15 is 0 Å². The molecule has 0 amide bonds. The number of aryl methyl sites for hydroxylation is 1. The van der Waals surface area contributed by atoms with Gasteiger partial charge in [0.25, 0.3) is 0 Å². The molecule has 0 radical (unpaired) electrons. The normalized spacial score (nSPS) is 13.9. The van der Waals surface area contributed by atoms with E-state index in [-0.39, 0.29) is 19.4 Å². The molecule has 1 unspecified atom stereocenters. The third kappa shape index (κ3) is 2.69. The van der Waals surface area contributed by atoms with Crippen molar-refractivity contribution in [3.63, 3.8) is 0 Å². The summed E-state index contributed by atoms with van der Waals surface area (Å²) in [6.07, 6.45) is 1.92. The second-order valence-corrected chi connectivity index (χ2v) is 4.12. The average molecular weight is 254 g/mol. The zero-order valence-electron chi connectivity index (χ0n) is 10.8. The van der Waals surface area contributed by atoms with Crippen molar-refractivity contribution in [2.75, 3.05) is 6.61 Å². The second kappa shape index (κ2) is 5.66. The van der Waals surface area contributed by atoms with Crippen molar-refractivity contribution in [2.45, 2.75) is 26.7 Å². The molecule has 0 saturated carbocycles. The van der Waals surface area contributed by atoms with Crippen molar-refractivity contribution >= 4 is 11.9 Å². The Hall–Kier alpha value is -1.85. The summed E-state index contributed by atoms with van der Waals surface area (Å²) >= 11 is 0. The molecule has 1 N–H and O–H groups in total. The van der Waals surface area contributed by atoms with Gasteiger partial charge in [-0.3, -0.25) is 14.3 Å². The van der Waals surface area contributed by atoms with Crippen molar-refractivity contribution in [3.05, 3.63) is 18.0 Å². The highest BCUT2D eigenvalue weighted by Gasteiger charge is 2.46. The molecule has 100 valence electrons. The van der Waals surface area contributed by atoms with Gasteiger partial charge in [-0.2, -0.15) is 5.10 Å². The molecule has 6 nitrogen and oxygen atoms in total. The number of carbonyl (C=O) groups is 2. The third-order valence-electron chi connectivity index (χ3n) is 2.93. The first kappa shape index (κ1) is 14.2. The van der Waals surface area contributed by atoms with Gasteiger partial charge >= 0.3 is 11.9 Å². The molecule has 0 aliphatic rings. The Bertz CT molecular complexity index is 441. The highest BCUT2D eigenvalue weighted by molar-refractivity contribution is 5.99. The second-order valence-electron chi connectivity index (χ2n) is 4.12. The maximum Gasteiger partial charge on any atom is 0.323 e. The van der Waals surface area contributed by atoms with E-state index in [1.54, 1.807) is 37.8 Å². The molecular weight excluding hydrogens is 236 g/mol. The highest BCUT2D eigenvalue weighted by Crippen LogP contribution is 2.29. The van der Waals surface area contributed by atoms with E-state index in [1.165, 1.54) is 0 Å². The van der Waals surface area contributed by atoms with Crippen molar-refractivity contribution < 1.29 is 19.4 Å². The quantitative estimate of drug-likeness (QED) is 0.605. The standard InChI is InChI=1S/C12H18N2O4/c1-4-12(10(15)16,11(17)18-5-2)8-9-6-7-14(3)13-9/h6-7H,4-5,8H2,1-3H3,(H,15,16). The van der Waals surface area contributed by atoms with Crippen LogP contribution in [0.3, 0.4) is 0 Å². The van der Waals surface area contributed by atoms with Crippen LogP contribution in [-0.4, -0.2) is 33.4 Å². The fourth-order valence-corrected chi connectivity index (χ4v) is 1.79. The number of rotatable bonds is 6. The van der Waals surface area contributed by atoms with Crippen LogP contribution in [0, 0.1) is 5.41 Å². The summed E-state index contributed by atoms with van der Waals surface area (Å²) < 4.78 is 6.46. The van der Waals surface area contributed by atoms with Gasteiger partial charge in [-0.05, 0) is 19.4 Å². The number of carbonyl (C=O) groups excluding carboxylic acids is 1. The maximum atomic E-state index is 11.9. The van der Waals surface area contributed by atoms with Gasteiger partial charge in [0.15, 0.2) is 5.41 Å². The summed E-state index contributed by atoms with van der Waals surface area (Å²) in [7, 11) is 1.74. The lowest BCUT2D eigenvalue weighted by molar-refractivity contribution is -0.169. The number of nitrogens with zero attached hydrogens (tertiary/aromatic N) is 2. The average Bonchev–Trinajstić information content (AvgIpc) is 2.71. The number of carboxylic acid groups (broad SMARTS) is 1. The molecule has 1 aromatic rings. The number of hydrogen-bond donors (Lipinski definition) is 1. The van der Waals surface area contributed by atoms with Crippen LogP contribution in [0.4, 0.5) is 0 Å². The molecule has 1 aromatic heterocycles. The molecule has 0 aromatic carbocycles. The Labute approximate surface area is 106 Å². The van der Waals surface area contributed by atoms with Gasteiger partial charge in [0.1, 0.15) is 0 Å². The molecule has 18 heavy (non-hydrogen) atoms. The van der Waals surface area contributed by atoms with E-state index in [1.807, 2.05) is 0 Å². The summed E-state index contributed by atoms with van der Waals surface area (Å²) in [5.74, 6) is -1.88. The van der Waals surface area contributed by atoms with Gasteiger partial charge in [0.2, 0.25) is 0 Å². The van der Waals surface area contributed by atoms with E-state index in [0.29, 0.717) is 5.69 Å². The number of carboxylic acids is 1. The van der Waals surface area contributed by atoms with E-state index in [0.717, 1.165) is 0 Å². The van der Waals surface area contributed by atoms with Crippen molar-refractivity contribution in [2.24, 2.45) is 12.5 Å². The molecular formula is C12H18N2O4. The highest BCUT2D eigenvalue weighted by atomic mass is 16.5. The Kier molecular flexibility index (Phi) is 4.47. The molecule has 1 heterocycles. The fraction of sp³-hybridized carbons (Fsp3) is 0.583. The van der Waals surface area contributed by atoms with Gasteiger partial charge < -0.3 is 9.84 Å². The number of aliphatic carboxylic acids is 1. The van der Waals surface area contributed by atoms with Crippen LogP contribution in [-0.2, 0) is 27.8 Å². The monoisotopic (exact) mass is 254 g/mol. The molecule has 6 heteroatoms. The zero-order valence-corrected chi connectivity index (χ0v) is 10.8. The first-order valence-corrected chi connectivity index (χ1v) is 5.85.